The Balaban J connectivity index is 1.73. The lowest BCUT2D eigenvalue weighted by Gasteiger charge is -2.10. The fourth-order valence-electron chi connectivity index (χ4n) is 1.54. The van der Waals surface area contributed by atoms with E-state index in [4.69, 9.17) is 4.74 Å². The van der Waals surface area contributed by atoms with E-state index in [1.807, 2.05) is 32.0 Å². The monoisotopic (exact) mass is 279 g/mol. The van der Waals surface area contributed by atoms with E-state index in [2.05, 4.69) is 15.6 Å². The minimum Gasteiger partial charge on any atom is -0.473 e. The van der Waals surface area contributed by atoms with Gasteiger partial charge in [-0.2, -0.15) is 0 Å². The van der Waals surface area contributed by atoms with Gasteiger partial charge in [0.1, 0.15) is 5.75 Å². The maximum Gasteiger partial charge on any atom is 0.323 e. The van der Waals surface area contributed by atoms with Crippen LogP contribution in [0, 0.1) is 13.8 Å². The third-order valence-electron chi connectivity index (χ3n) is 2.76. The standard InChI is InChI=1S/C13H17N3O2S/c1-9-3-4-11(7-10(9)2)18-8-15-12(17)16-13-14-5-6-19-13/h3-4,7H,5-6,8H2,1-2H3,(H2,14,15,16,17). The zero-order chi connectivity index (χ0) is 13.7. The van der Waals surface area contributed by atoms with Crippen molar-refractivity contribution in [3.63, 3.8) is 0 Å². The number of aryl methyl sites for hydroxylation is 2. The predicted molar refractivity (Wildman–Crippen MR) is 77.8 cm³/mol. The molecule has 2 N–H and O–H groups in total. The van der Waals surface area contributed by atoms with E-state index in [0.717, 1.165) is 18.0 Å². The van der Waals surface area contributed by atoms with Crippen LogP contribution in [0.5, 0.6) is 5.75 Å². The zero-order valence-electron chi connectivity index (χ0n) is 11.0. The van der Waals surface area contributed by atoms with Gasteiger partial charge >= 0.3 is 6.03 Å². The van der Waals surface area contributed by atoms with Crippen LogP contribution in [0.25, 0.3) is 0 Å². The van der Waals surface area contributed by atoms with Crippen LogP contribution in [0.4, 0.5) is 4.79 Å². The molecule has 1 aromatic carbocycles. The number of hydrogen-bond acceptors (Lipinski definition) is 4. The number of nitrogens with zero attached hydrogens (tertiary/aromatic N) is 1. The molecular formula is C13H17N3O2S. The molecule has 1 aliphatic heterocycles. The van der Waals surface area contributed by atoms with Crippen molar-refractivity contribution in [3.05, 3.63) is 29.3 Å². The van der Waals surface area contributed by atoms with Gasteiger partial charge in [-0.1, -0.05) is 17.8 Å². The van der Waals surface area contributed by atoms with E-state index >= 15 is 0 Å². The number of benzene rings is 1. The molecule has 2 amide bonds. The highest BCUT2D eigenvalue weighted by Gasteiger charge is 2.10. The third-order valence-corrected chi connectivity index (χ3v) is 3.65. The number of rotatable bonds is 3. The first-order chi connectivity index (χ1) is 9.15. The largest absolute Gasteiger partial charge is 0.473 e. The molecule has 5 nitrogen and oxygen atoms in total. The second kappa shape index (κ2) is 6.47. The molecule has 0 saturated heterocycles. The van der Waals surface area contributed by atoms with Crippen LogP contribution in [0.15, 0.2) is 23.2 Å². The summed E-state index contributed by atoms with van der Waals surface area (Å²) < 4.78 is 5.46. The number of nitrogens with one attached hydrogen (secondary N) is 2. The Kier molecular flexibility index (Phi) is 4.68. The Morgan fingerprint density at radius 3 is 2.95 bits per heavy atom. The maximum atomic E-state index is 11.5. The van der Waals surface area contributed by atoms with Crippen LogP contribution in [0.3, 0.4) is 0 Å². The normalized spacial score (nSPS) is 13.9. The summed E-state index contributed by atoms with van der Waals surface area (Å²) in [6, 6.07) is 5.54. The van der Waals surface area contributed by atoms with Crippen molar-refractivity contribution < 1.29 is 9.53 Å². The number of thioether (sulfide) groups is 1. The van der Waals surface area contributed by atoms with Gasteiger partial charge in [-0.3, -0.25) is 10.3 Å². The molecule has 0 atom stereocenters. The summed E-state index contributed by atoms with van der Waals surface area (Å²) in [6.45, 7) is 4.97. The quantitative estimate of drug-likeness (QED) is 0.832. The SMILES string of the molecule is Cc1ccc(OCNC(=O)NC2=NCCS2)cc1C. The van der Waals surface area contributed by atoms with Crippen LogP contribution in [-0.4, -0.2) is 30.2 Å². The minimum absolute atomic E-state index is 0.131. The van der Waals surface area contributed by atoms with Crippen LogP contribution >= 0.6 is 11.8 Å². The molecule has 1 aliphatic rings. The number of amidine groups is 1. The Morgan fingerprint density at radius 1 is 1.42 bits per heavy atom. The van der Waals surface area contributed by atoms with Gasteiger partial charge in [0.25, 0.3) is 0 Å². The number of carbonyl (C=O) groups excluding carboxylic acids is 1. The minimum atomic E-state index is -0.294. The zero-order valence-corrected chi connectivity index (χ0v) is 11.8. The average Bonchev–Trinajstić information content (AvgIpc) is 2.86. The molecule has 102 valence electrons. The van der Waals surface area contributed by atoms with Gasteiger partial charge in [0.05, 0.1) is 6.54 Å². The summed E-state index contributed by atoms with van der Waals surface area (Å²) in [5.41, 5.74) is 2.38. The van der Waals surface area contributed by atoms with E-state index < -0.39 is 0 Å². The fourth-order valence-corrected chi connectivity index (χ4v) is 2.26. The van der Waals surface area contributed by atoms with Gasteiger partial charge in [-0.05, 0) is 37.1 Å². The van der Waals surface area contributed by atoms with Gasteiger partial charge in [0, 0.05) is 5.75 Å². The van der Waals surface area contributed by atoms with E-state index in [-0.39, 0.29) is 12.8 Å². The summed E-state index contributed by atoms with van der Waals surface area (Å²) in [4.78, 5) is 15.6. The van der Waals surface area contributed by atoms with Crippen molar-refractivity contribution in [1.29, 1.82) is 0 Å². The number of aliphatic imine (C=N–C) groups is 1. The van der Waals surface area contributed by atoms with E-state index in [1.165, 1.54) is 11.1 Å². The van der Waals surface area contributed by atoms with Crippen LogP contribution in [-0.2, 0) is 0 Å². The number of hydrogen-bond donors (Lipinski definition) is 2. The lowest BCUT2D eigenvalue weighted by molar-refractivity contribution is 0.228. The van der Waals surface area contributed by atoms with E-state index in [0.29, 0.717) is 5.17 Å². The van der Waals surface area contributed by atoms with Gasteiger partial charge in [-0.15, -0.1) is 0 Å². The van der Waals surface area contributed by atoms with Gasteiger partial charge < -0.3 is 10.1 Å². The number of urea groups is 1. The first kappa shape index (κ1) is 13.7. The molecule has 19 heavy (non-hydrogen) atoms. The number of carbonyl (C=O) groups is 1. The molecule has 1 aromatic rings. The molecule has 2 rings (SSSR count). The molecular weight excluding hydrogens is 262 g/mol. The topological polar surface area (TPSA) is 62.7 Å². The van der Waals surface area contributed by atoms with Crippen molar-refractivity contribution in [2.24, 2.45) is 4.99 Å². The molecule has 0 saturated carbocycles. The van der Waals surface area contributed by atoms with Gasteiger partial charge in [0.15, 0.2) is 11.9 Å². The highest BCUT2D eigenvalue weighted by molar-refractivity contribution is 8.14. The highest BCUT2D eigenvalue weighted by Crippen LogP contribution is 2.15. The smallest absolute Gasteiger partial charge is 0.323 e. The van der Waals surface area contributed by atoms with E-state index in [1.54, 1.807) is 11.8 Å². The van der Waals surface area contributed by atoms with Crippen molar-refractivity contribution in [2.45, 2.75) is 13.8 Å². The highest BCUT2D eigenvalue weighted by atomic mass is 32.2. The average molecular weight is 279 g/mol. The molecule has 0 aliphatic carbocycles. The van der Waals surface area contributed by atoms with Crippen molar-refractivity contribution in [1.82, 2.24) is 10.6 Å². The molecule has 0 radical (unpaired) electrons. The molecule has 6 heteroatoms. The Labute approximate surface area is 116 Å². The van der Waals surface area contributed by atoms with Crippen LogP contribution in [0.1, 0.15) is 11.1 Å². The molecule has 0 aromatic heterocycles. The Hall–Kier alpha value is -1.69. The summed E-state index contributed by atoms with van der Waals surface area (Å²) in [6.07, 6.45) is 0. The lowest BCUT2D eigenvalue weighted by Crippen LogP contribution is -2.39. The second-order valence-corrected chi connectivity index (χ2v) is 5.28. The van der Waals surface area contributed by atoms with Crippen molar-refractivity contribution >= 4 is 23.0 Å². The number of ether oxygens (including phenoxy) is 1. The van der Waals surface area contributed by atoms with Crippen molar-refractivity contribution in [2.75, 3.05) is 19.0 Å². The molecule has 0 bridgehead atoms. The Morgan fingerprint density at radius 2 is 2.26 bits per heavy atom. The predicted octanol–water partition coefficient (Wildman–Crippen LogP) is 2.04. The molecule has 0 fully saturated rings. The van der Waals surface area contributed by atoms with Crippen LogP contribution in [0.2, 0.25) is 0 Å². The fraction of sp³-hybridized carbons (Fsp3) is 0.385. The lowest BCUT2D eigenvalue weighted by atomic mass is 10.1. The summed E-state index contributed by atoms with van der Waals surface area (Å²) >= 11 is 1.54. The first-order valence-electron chi connectivity index (χ1n) is 6.07. The van der Waals surface area contributed by atoms with E-state index in [9.17, 15) is 4.79 Å². The van der Waals surface area contributed by atoms with Gasteiger partial charge in [-0.25, -0.2) is 4.79 Å². The third kappa shape index (κ3) is 4.17. The summed E-state index contributed by atoms with van der Waals surface area (Å²) in [7, 11) is 0. The number of amides is 2. The molecule has 1 heterocycles. The second-order valence-electron chi connectivity index (χ2n) is 4.20. The summed E-state index contributed by atoms with van der Waals surface area (Å²) in [5.74, 6) is 1.67. The van der Waals surface area contributed by atoms with Gasteiger partial charge in [0.2, 0.25) is 0 Å². The first-order valence-corrected chi connectivity index (χ1v) is 7.06. The molecule has 0 spiro atoms. The van der Waals surface area contributed by atoms with Crippen LogP contribution < -0.4 is 15.4 Å². The Bertz CT molecular complexity index is 503. The van der Waals surface area contributed by atoms with Crippen molar-refractivity contribution in [3.8, 4) is 5.75 Å². The summed E-state index contributed by atoms with van der Waals surface area (Å²) in [5, 5.41) is 5.96. The molecule has 0 unspecified atom stereocenters. The maximum absolute atomic E-state index is 11.5.